The van der Waals surface area contributed by atoms with E-state index in [2.05, 4.69) is 19.8 Å². The molecule has 0 radical (unpaired) electrons. The maximum atomic E-state index is 12.1. The molecule has 3 rings (SSSR count). The van der Waals surface area contributed by atoms with Crippen molar-refractivity contribution in [1.82, 2.24) is 19.7 Å². The minimum atomic E-state index is -2.99. The first-order chi connectivity index (χ1) is 12.0. The molecule has 2 heterocycles. The highest BCUT2D eigenvalue weighted by molar-refractivity contribution is 5.55. The van der Waals surface area contributed by atoms with Gasteiger partial charge in [-0.3, -0.25) is 4.79 Å². The standard InChI is InChI=1S/C17H14F2N4O2/c1-11-2-4-12(5-3-11)10-23-15(24)7-6-14(22-23)13-8-20-17(21-9-13)25-16(18)19/h2-9,16H,10H2,1H3. The van der Waals surface area contributed by atoms with Crippen molar-refractivity contribution >= 4 is 0 Å². The Labute approximate surface area is 141 Å². The molecule has 0 aliphatic heterocycles. The van der Waals surface area contributed by atoms with Gasteiger partial charge in [0.15, 0.2) is 0 Å². The second-order valence-electron chi connectivity index (χ2n) is 5.33. The summed E-state index contributed by atoms with van der Waals surface area (Å²) in [6.07, 6.45) is 2.63. The lowest BCUT2D eigenvalue weighted by Crippen LogP contribution is -2.22. The van der Waals surface area contributed by atoms with E-state index in [1.54, 1.807) is 0 Å². The van der Waals surface area contributed by atoms with Gasteiger partial charge in [0.25, 0.3) is 5.56 Å². The van der Waals surface area contributed by atoms with Crippen molar-refractivity contribution in [2.45, 2.75) is 20.1 Å². The lowest BCUT2D eigenvalue weighted by molar-refractivity contribution is -0.0560. The highest BCUT2D eigenvalue weighted by Gasteiger charge is 2.09. The summed E-state index contributed by atoms with van der Waals surface area (Å²) in [5, 5.41) is 4.29. The zero-order valence-corrected chi connectivity index (χ0v) is 13.3. The average Bonchev–Trinajstić information content (AvgIpc) is 2.59. The Balaban J connectivity index is 1.85. The first-order valence-corrected chi connectivity index (χ1v) is 7.42. The van der Waals surface area contributed by atoms with Crippen LogP contribution in [0.3, 0.4) is 0 Å². The van der Waals surface area contributed by atoms with Gasteiger partial charge in [-0.15, -0.1) is 0 Å². The minimum Gasteiger partial charge on any atom is -0.401 e. The Morgan fingerprint density at radius 1 is 1.08 bits per heavy atom. The van der Waals surface area contributed by atoms with E-state index in [1.165, 1.54) is 29.2 Å². The van der Waals surface area contributed by atoms with E-state index in [0.29, 0.717) is 17.8 Å². The Morgan fingerprint density at radius 3 is 2.40 bits per heavy atom. The van der Waals surface area contributed by atoms with Gasteiger partial charge in [-0.2, -0.15) is 13.9 Å². The van der Waals surface area contributed by atoms with Crippen LogP contribution in [0.25, 0.3) is 11.3 Å². The Hall–Kier alpha value is -3.16. The molecule has 25 heavy (non-hydrogen) atoms. The lowest BCUT2D eigenvalue weighted by atomic mass is 10.1. The van der Waals surface area contributed by atoms with E-state index >= 15 is 0 Å². The highest BCUT2D eigenvalue weighted by atomic mass is 19.3. The molecule has 0 unspecified atom stereocenters. The highest BCUT2D eigenvalue weighted by Crippen LogP contribution is 2.16. The number of aromatic nitrogens is 4. The largest absolute Gasteiger partial charge is 0.401 e. The van der Waals surface area contributed by atoms with Crippen LogP contribution in [0.15, 0.2) is 53.6 Å². The number of halogens is 2. The first kappa shape index (κ1) is 16.7. The van der Waals surface area contributed by atoms with Crippen LogP contribution in [0.4, 0.5) is 8.78 Å². The third kappa shape index (κ3) is 4.23. The number of nitrogens with zero attached hydrogens (tertiary/aromatic N) is 4. The third-order valence-corrected chi connectivity index (χ3v) is 3.44. The van der Waals surface area contributed by atoms with Crippen molar-refractivity contribution in [3.05, 3.63) is 70.3 Å². The van der Waals surface area contributed by atoms with E-state index in [-0.39, 0.29) is 5.56 Å². The number of rotatable bonds is 5. The Bertz CT molecular complexity index is 909. The smallest absolute Gasteiger partial charge is 0.389 e. The zero-order valence-electron chi connectivity index (χ0n) is 13.3. The average molecular weight is 344 g/mol. The van der Waals surface area contributed by atoms with Crippen molar-refractivity contribution in [2.24, 2.45) is 0 Å². The summed E-state index contributed by atoms with van der Waals surface area (Å²) >= 11 is 0. The molecule has 0 aliphatic rings. The third-order valence-electron chi connectivity index (χ3n) is 3.44. The molecular formula is C17H14F2N4O2. The molecule has 0 saturated carbocycles. The second kappa shape index (κ2) is 7.16. The summed E-state index contributed by atoms with van der Waals surface area (Å²) in [6, 6.07) is 10.3. The summed E-state index contributed by atoms with van der Waals surface area (Å²) in [5.74, 6) is 0. The van der Waals surface area contributed by atoms with Gasteiger partial charge >= 0.3 is 12.6 Å². The number of alkyl halides is 2. The number of benzene rings is 1. The molecule has 0 N–H and O–H groups in total. The van der Waals surface area contributed by atoms with Gasteiger partial charge in [0.2, 0.25) is 0 Å². The molecule has 0 amide bonds. The Morgan fingerprint density at radius 2 is 1.76 bits per heavy atom. The van der Waals surface area contributed by atoms with Crippen molar-refractivity contribution in [3.8, 4) is 17.3 Å². The topological polar surface area (TPSA) is 69.9 Å². The normalized spacial score (nSPS) is 10.9. The van der Waals surface area contributed by atoms with Crippen LogP contribution in [0.5, 0.6) is 6.01 Å². The molecule has 0 fully saturated rings. The summed E-state index contributed by atoms with van der Waals surface area (Å²) in [4.78, 5) is 19.4. The summed E-state index contributed by atoms with van der Waals surface area (Å²) in [7, 11) is 0. The maximum Gasteiger partial charge on any atom is 0.389 e. The molecule has 0 saturated heterocycles. The predicted octanol–water partition coefficient (Wildman–Crippen LogP) is 2.66. The van der Waals surface area contributed by atoms with E-state index in [4.69, 9.17) is 0 Å². The van der Waals surface area contributed by atoms with Crippen LogP contribution in [-0.2, 0) is 6.54 Å². The van der Waals surface area contributed by atoms with Crippen LogP contribution in [-0.4, -0.2) is 26.4 Å². The molecule has 128 valence electrons. The quantitative estimate of drug-likeness (QED) is 0.712. The van der Waals surface area contributed by atoms with Crippen LogP contribution in [0, 0.1) is 6.92 Å². The van der Waals surface area contributed by atoms with Gasteiger partial charge in [0.1, 0.15) is 0 Å². The number of aryl methyl sites for hydroxylation is 1. The maximum absolute atomic E-state index is 12.1. The molecule has 0 spiro atoms. The van der Waals surface area contributed by atoms with Crippen molar-refractivity contribution < 1.29 is 13.5 Å². The summed E-state index contributed by atoms with van der Waals surface area (Å²) in [5.41, 5.74) is 2.76. The molecule has 6 nitrogen and oxygen atoms in total. The minimum absolute atomic E-state index is 0.247. The van der Waals surface area contributed by atoms with Gasteiger partial charge in [0.05, 0.1) is 12.2 Å². The van der Waals surface area contributed by atoms with Gasteiger partial charge in [-0.25, -0.2) is 14.6 Å². The molecule has 3 aromatic rings. The molecule has 0 bridgehead atoms. The van der Waals surface area contributed by atoms with E-state index in [0.717, 1.165) is 11.1 Å². The van der Waals surface area contributed by atoms with Crippen molar-refractivity contribution in [1.29, 1.82) is 0 Å². The fourth-order valence-electron chi connectivity index (χ4n) is 2.17. The molecule has 1 aromatic carbocycles. The number of hydrogen-bond acceptors (Lipinski definition) is 5. The van der Waals surface area contributed by atoms with Crippen LogP contribution in [0.1, 0.15) is 11.1 Å². The SMILES string of the molecule is Cc1ccc(Cn2nc(-c3cnc(OC(F)F)nc3)ccc2=O)cc1. The van der Waals surface area contributed by atoms with Crippen LogP contribution >= 0.6 is 0 Å². The monoisotopic (exact) mass is 344 g/mol. The fourth-order valence-corrected chi connectivity index (χ4v) is 2.17. The molecular weight excluding hydrogens is 330 g/mol. The number of ether oxygens (including phenoxy) is 1. The van der Waals surface area contributed by atoms with Gasteiger partial charge in [-0.1, -0.05) is 29.8 Å². The summed E-state index contributed by atoms with van der Waals surface area (Å²) in [6.45, 7) is -0.684. The van der Waals surface area contributed by atoms with E-state index in [9.17, 15) is 13.6 Å². The van der Waals surface area contributed by atoms with Crippen LogP contribution < -0.4 is 10.3 Å². The summed E-state index contributed by atoms with van der Waals surface area (Å²) < 4.78 is 29.7. The van der Waals surface area contributed by atoms with Gasteiger partial charge in [-0.05, 0) is 18.6 Å². The van der Waals surface area contributed by atoms with E-state index < -0.39 is 12.6 Å². The predicted molar refractivity (Wildman–Crippen MR) is 86.4 cm³/mol. The fraction of sp³-hybridized carbons (Fsp3) is 0.176. The zero-order chi connectivity index (χ0) is 17.8. The van der Waals surface area contributed by atoms with Crippen molar-refractivity contribution in [3.63, 3.8) is 0 Å². The first-order valence-electron chi connectivity index (χ1n) is 7.42. The van der Waals surface area contributed by atoms with Gasteiger partial charge < -0.3 is 4.74 Å². The molecule has 2 aromatic heterocycles. The molecule has 0 aliphatic carbocycles. The second-order valence-corrected chi connectivity index (χ2v) is 5.33. The molecule has 8 heteroatoms. The van der Waals surface area contributed by atoms with Crippen LogP contribution in [0.2, 0.25) is 0 Å². The van der Waals surface area contributed by atoms with Crippen molar-refractivity contribution in [2.75, 3.05) is 0 Å². The van der Waals surface area contributed by atoms with E-state index in [1.807, 2.05) is 31.2 Å². The van der Waals surface area contributed by atoms with Gasteiger partial charge in [0, 0.05) is 24.0 Å². The molecule has 0 atom stereocenters. The lowest BCUT2D eigenvalue weighted by Gasteiger charge is -2.08. The Kier molecular flexibility index (Phi) is 4.78. The number of hydrogen-bond donors (Lipinski definition) is 0.